The molecule has 1 aliphatic heterocycles. The fourth-order valence-corrected chi connectivity index (χ4v) is 2.61. The first-order valence-corrected chi connectivity index (χ1v) is 7.04. The minimum absolute atomic E-state index is 0.0292. The number of nitrogens with one attached hydrogen (secondary N) is 1. The van der Waals surface area contributed by atoms with Crippen LogP contribution in [0.25, 0.3) is 0 Å². The molecule has 0 radical (unpaired) electrons. The van der Waals surface area contributed by atoms with Gasteiger partial charge in [0.1, 0.15) is 0 Å². The molecule has 3 heteroatoms. The van der Waals surface area contributed by atoms with Crippen LogP contribution in [0.5, 0.6) is 0 Å². The SMILES string of the molecule is CCCNC(C#N)CCN1CCC(C)CC1C. The lowest BCUT2D eigenvalue weighted by Crippen LogP contribution is -2.42. The summed E-state index contributed by atoms with van der Waals surface area (Å²) in [6.07, 6.45) is 4.66. The van der Waals surface area contributed by atoms with E-state index in [4.69, 9.17) is 5.26 Å². The Balaban J connectivity index is 2.26. The van der Waals surface area contributed by atoms with Crippen molar-refractivity contribution in [2.45, 2.75) is 58.5 Å². The molecule has 1 aliphatic rings. The van der Waals surface area contributed by atoms with E-state index in [1.807, 2.05) is 0 Å². The number of nitriles is 1. The van der Waals surface area contributed by atoms with Crippen molar-refractivity contribution >= 4 is 0 Å². The molecule has 3 nitrogen and oxygen atoms in total. The van der Waals surface area contributed by atoms with Crippen molar-refractivity contribution in [1.29, 1.82) is 5.26 Å². The first kappa shape index (κ1) is 14.5. The van der Waals surface area contributed by atoms with Crippen LogP contribution < -0.4 is 5.32 Å². The molecular formula is C14H27N3. The largest absolute Gasteiger partial charge is 0.302 e. The Hall–Kier alpha value is -0.590. The second-order valence-corrected chi connectivity index (χ2v) is 5.44. The first-order chi connectivity index (χ1) is 8.17. The highest BCUT2D eigenvalue weighted by Gasteiger charge is 2.23. The molecule has 0 aromatic carbocycles. The van der Waals surface area contributed by atoms with Crippen molar-refractivity contribution in [3.63, 3.8) is 0 Å². The Bertz CT molecular complexity index is 246. The summed E-state index contributed by atoms with van der Waals surface area (Å²) in [6.45, 7) is 10.0. The van der Waals surface area contributed by atoms with Crippen LogP contribution in [0.15, 0.2) is 0 Å². The highest BCUT2D eigenvalue weighted by Crippen LogP contribution is 2.22. The lowest BCUT2D eigenvalue weighted by molar-refractivity contribution is 0.126. The molecule has 0 aromatic heterocycles. The van der Waals surface area contributed by atoms with E-state index >= 15 is 0 Å². The van der Waals surface area contributed by atoms with Gasteiger partial charge in [-0.15, -0.1) is 0 Å². The number of hydrogen-bond acceptors (Lipinski definition) is 3. The first-order valence-electron chi connectivity index (χ1n) is 7.04. The van der Waals surface area contributed by atoms with Crippen LogP contribution in [0.2, 0.25) is 0 Å². The maximum atomic E-state index is 9.06. The van der Waals surface area contributed by atoms with Crippen LogP contribution in [-0.2, 0) is 0 Å². The summed E-state index contributed by atoms with van der Waals surface area (Å²) in [4.78, 5) is 2.54. The molecule has 0 spiro atoms. The molecule has 3 unspecified atom stereocenters. The fraction of sp³-hybridized carbons (Fsp3) is 0.929. The van der Waals surface area contributed by atoms with Gasteiger partial charge in [0, 0.05) is 12.6 Å². The van der Waals surface area contributed by atoms with Crippen molar-refractivity contribution < 1.29 is 0 Å². The van der Waals surface area contributed by atoms with Crippen molar-refractivity contribution in [3.05, 3.63) is 0 Å². The summed E-state index contributed by atoms with van der Waals surface area (Å²) in [5.74, 6) is 0.867. The van der Waals surface area contributed by atoms with Gasteiger partial charge in [-0.2, -0.15) is 5.26 Å². The molecule has 1 fully saturated rings. The maximum absolute atomic E-state index is 9.06. The van der Waals surface area contributed by atoms with E-state index in [-0.39, 0.29) is 6.04 Å². The van der Waals surface area contributed by atoms with Gasteiger partial charge >= 0.3 is 0 Å². The van der Waals surface area contributed by atoms with E-state index in [1.165, 1.54) is 19.4 Å². The van der Waals surface area contributed by atoms with Gasteiger partial charge in [-0.05, 0) is 51.6 Å². The van der Waals surface area contributed by atoms with Crippen molar-refractivity contribution in [3.8, 4) is 6.07 Å². The summed E-state index contributed by atoms with van der Waals surface area (Å²) in [7, 11) is 0. The number of hydrogen-bond donors (Lipinski definition) is 1. The Labute approximate surface area is 106 Å². The minimum Gasteiger partial charge on any atom is -0.302 e. The van der Waals surface area contributed by atoms with E-state index in [0.717, 1.165) is 31.8 Å². The van der Waals surface area contributed by atoms with Gasteiger partial charge in [-0.3, -0.25) is 0 Å². The molecular weight excluding hydrogens is 210 g/mol. The van der Waals surface area contributed by atoms with E-state index in [0.29, 0.717) is 6.04 Å². The average molecular weight is 237 g/mol. The molecule has 98 valence electrons. The Kier molecular flexibility index (Phi) is 6.54. The second kappa shape index (κ2) is 7.68. The third-order valence-electron chi connectivity index (χ3n) is 3.78. The molecule has 0 aromatic rings. The van der Waals surface area contributed by atoms with E-state index in [1.54, 1.807) is 0 Å². The monoisotopic (exact) mass is 237 g/mol. The Morgan fingerprint density at radius 3 is 2.82 bits per heavy atom. The summed E-state index contributed by atoms with van der Waals surface area (Å²) >= 11 is 0. The van der Waals surface area contributed by atoms with Gasteiger partial charge in [0.15, 0.2) is 0 Å². The smallest absolute Gasteiger partial charge is 0.0965 e. The van der Waals surface area contributed by atoms with Crippen LogP contribution >= 0.6 is 0 Å². The highest BCUT2D eigenvalue weighted by molar-refractivity contribution is 4.90. The maximum Gasteiger partial charge on any atom is 0.0965 e. The van der Waals surface area contributed by atoms with Crippen LogP contribution in [-0.4, -0.2) is 36.6 Å². The fourth-order valence-electron chi connectivity index (χ4n) is 2.61. The van der Waals surface area contributed by atoms with Crippen LogP contribution in [0.4, 0.5) is 0 Å². The zero-order chi connectivity index (χ0) is 12.7. The van der Waals surface area contributed by atoms with Crippen molar-refractivity contribution in [1.82, 2.24) is 10.2 Å². The topological polar surface area (TPSA) is 39.1 Å². The lowest BCUT2D eigenvalue weighted by atomic mass is 9.93. The van der Waals surface area contributed by atoms with Crippen molar-refractivity contribution in [2.24, 2.45) is 5.92 Å². The molecule has 0 aliphatic carbocycles. The molecule has 0 amide bonds. The highest BCUT2D eigenvalue weighted by atomic mass is 15.2. The van der Waals surface area contributed by atoms with Crippen LogP contribution in [0.1, 0.15) is 46.5 Å². The van der Waals surface area contributed by atoms with Gasteiger partial charge in [-0.1, -0.05) is 13.8 Å². The van der Waals surface area contributed by atoms with Gasteiger partial charge in [-0.25, -0.2) is 0 Å². The van der Waals surface area contributed by atoms with Crippen LogP contribution in [0.3, 0.4) is 0 Å². The molecule has 0 saturated carbocycles. The number of nitrogens with zero attached hydrogens (tertiary/aromatic N) is 2. The molecule has 1 heterocycles. The standard InChI is InChI=1S/C14H27N3/c1-4-7-16-14(11-15)6-9-17-8-5-12(2)10-13(17)3/h12-14,16H,4-10H2,1-3H3. The van der Waals surface area contributed by atoms with E-state index in [2.05, 4.69) is 37.1 Å². The van der Waals surface area contributed by atoms with Gasteiger partial charge < -0.3 is 10.2 Å². The Morgan fingerprint density at radius 2 is 2.24 bits per heavy atom. The number of likely N-dealkylation sites (tertiary alicyclic amines) is 1. The lowest BCUT2D eigenvalue weighted by Gasteiger charge is -2.36. The third-order valence-corrected chi connectivity index (χ3v) is 3.78. The molecule has 0 bridgehead atoms. The number of rotatable bonds is 6. The predicted molar refractivity (Wildman–Crippen MR) is 71.7 cm³/mol. The van der Waals surface area contributed by atoms with Gasteiger partial charge in [0.25, 0.3) is 0 Å². The minimum atomic E-state index is 0.0292. The van der Waals surface area contributed by atoms with Crippen LogP contribution in [0, 0.1) is 17.2 Å². The quantitative estimate of drug-likeness (QED) is 0.771. The zero-order valence-electron chi connectivity index (χ0n) is 11.6. The van der Waals surface area contributed by atoms with E-state index in [9.17, 15) is 0 Å². The van der Waals surface area contributed by atoms with Gasteiger partial charge in [0.05, 0.1) is 12.1 Å². The molecule has 1 N–H and O–H groups in total. The predicted octanol–water partition coefficient (Wildman–Crippen LogP) is 2.39. The molecule has 3 atom stereocenters. The summed E-state index contributed by atoms with van der Waals surface area (Å²) in [5, 5.41) is 12.4. The molecule has 1 saturated heterocycles. The van der Waals surface area contributed by atoms with Gasteiger partial charge in [0.2, 0.25) is 0 Å². The van der Waals surface area contributed by atoms with Crippen molar-refractivity contribution in [2.75, 3.05) is 19.6 Å². The summed E-state index contributed by atoms with van der Waals surface area (Å²) < 4.78 is 0. The second-order valence-electron chi connectivity index (χ2n) is 5.44. The Morgan fingerprint density at radius 1 is 1.47 bits per heavy atom. The normalized spacial score (nSPS) is 27.6. The third kappa shape index (κ3) is 5.06. The zero-order valence-corrected chi connectivity index (χ0v) is 11.6. The summed E-state index contributed by atoms with van der Waals surface area (Å²) in [5.41, 5.74) is 0. The number of piperidine rings is 1. The molecule has 1 rings (SSSR count). The van der Waals surface area contributed by atoms with E-state index < -0.39 is 0 Å². The average Bonchev–Trinajstić information content (AvgIpc) is 2.31. The molecule has 17 heavy (non-hydrogen) atoms. The summed E-state index contributed by atoms with van der Waals surface area (Å²) in [6, 6.07) is 3.08.